The van der Waals surface area contributed by atoms with Gasteiger partial charge in [0, 0.05) is 31.5 Å². The average Bonchev–Trinajstić information content (AvgIpc) is 3.09. The summed E-state index contributed by atoms with van der Waals surface area (Å²) in [7, 11) is 0. The molecule has 2 amide bonds. The van der Waals surface area contributed by atoms with E-state index in [9.17, 15) is 18.4 Å². The maximum absolute atomic E-state index is 13.4. The molecule has 1 saturated heterocycles. The van der Waals surface area contributed by atoms with E-state index in [1.54, 1.807) is 0 Å². The molecule has 1 aliphatic heterocycles. The van der Waals surface area contributed by atoms with Crippen molar-refractivity contribution in [1.29, 1.82) is 0 Å². The average molecular weight is 402 g/mol. The van der Waals surface area contributed by atoms with Gasteiger partial charge in [0.15, 0.2) is 0 Å². The molecule has 1 fully saturated rings. The first-order valence-electron chi connectivity index (χ1n) is 9.67. The van der Waals surface area contributed by atoms with Crippen molar-refractivity contribution in [3.8, 4) is 0 Å². The lowest BCUT2D eigenvalue weighted by molar-refractivity contribution is -0.132. The van der Waals surface area contributed by atoms with Gasteiger partial charge in [-0.2, -0.15) is 0 Å². The van der Waals surface area contributed by atoms with Crippen molar-refractivity contribution < 1.29 is 23.1 Å². The van der Waals surface area contributed by atoms with E-state index >= 15 is 0 Å². The van der Waals surface area contributed by atoms with Gasteiger partial charge in [-0.25, -0.2) is 8.78 Å². The normalized spacial score (nSPS) is 17.4. The molecule has 0 radical (unpaired) electrons. The molecule has 0 bridgehead atoms. The number of nitrogens with one attached hydrogen (secondary N) is 1. The quantitative estimate of drug-likeness (QED) is 0.542. The summed E-state index contributed by atoms with van der Waals surface area (Å²) in [6, 6.07) is 12.8. The summed E-state index contributed by atoms with van der Waals surface area (Å²) in [5.41, 5.74) is 1.22. The number of rotatable bonds is 8. The third kappa shape index (κ3) is 5.38. The number of benzene rings is 2. The smallest absolute Gasteiger partial charge is 0.239 e. The van der Waals surface area contributed by atoms with Crippen molar-refractivity contribution in [3.05, 3.63) is 65.7 Å². The van der Waals surface area contributed by atoms with E-state index in [0.717, 1.165) is 23.8 Å². The summed E-state index contributed by atoms with van der Waals surface area (Å²) < 4.78 is 32.6. The fourth-order valence-corrected chi connectivity index (χ4v) is 3.36. The van der Waals surface area contributed by atoms with Crippen LogP contribution in [0.15, 0.2) is 48.5 Å². The van der Waals surface area contributed by atoms with Crippen LogP contribution in [0.3, 0.4) is 0 Å². The minimum Gasteiger partial charge on any atom is -0.374 e. The highest BCUT2D eigenvalue weighted by Crippen LogP contribution is 2.26. The highest BCUT2D eigenvalue weighted by Gasteiger charge is 2.37. The van der Waals surface area contributed by atoms with E-state index in [4.69, 9.17) is 4.74 Å². The van der Waals surface area contributed by atoms with Crippen LogP contribution in [-0.2, 0) is 14.3 Å². The van der Waals surface area contributed by atoms with E-state index in [-0.39, 0.29) is 24.2 Å². The molecule has 7 heteroatoms. The number of anilines is 1. The Morgan fingerprint density at radius 1 is 1.21 bits per heavy atom. The number of carbonyl (C=O) groups is 2. The summed E-state index contributed by atoms with van der Waals surface area (Å²) in [6.07, 6.45) is 0.885. The zero-order valence-corrected chi connectivity index (χ0v) is 16.2. The minimum absolute atomic E-state index is 0.0384. The molecular weight excluding hydrogens is 378 g/mol. The molecule has 2 unspecified atom stereocenters. The first-order chi connectivity index (χ1) is 14.0. The fraction of sp³-hybridized carbons (Fsp3) is 0.364. The number of nitrogens with zero attached hydrogens (tertiary/aromatic N) is 1. The third-order valence-electron chi connectivity index (χ3n) is 4.94. The van der Waals surface area contributed by atoms with Crippen molar-refractivity contribution in [2.75, 3.05) is 24.6 Å². The summed E-state index contributed by atoms with van der Waals surface area (Å²) in [5, 5.41) is 2.75. The summed E-state index contributed by atoms with van der Waals surface area (Å²) in [6.45, 7) is 3.08. The Kier molecular flexibility index (Phi) is 6.93. The van der Waals surface area contributed by atoms with Gasteiger partial charge in [0.1, 0.15) is 17.6 Å². The van der Waals surface area contributed by atoms with E-state index in [1.165, 1.54) is 4.90 Å². The van der Waals surface area contributed by atoms with Crippen LogP contribution in [0.2, 0.25) is 0 Å². The Hall–Kier alpha value is -2.80. The topological polar surface area (TPSA) is 58.6 Å². The largest absolute Gasteiger partial charge is 0.374 e. The molecule has 0 spiro atoms. The van der Waals surface area contributed by atoms with Crippen LogP contribution >= 0.6 is 0 Å². The number of halogens is 2. The van der Waals surface area contributed by atoms with Crippen LogP contribution in [0.25, 0.3) is 0 Å². The highest BCUT2D eigenvalue weighted by atomic mass is 19.1. The SMILES string of the molecule is CC(OCCCNC(=O)C1CCN(c2cc(F)cc(F)c2)C1=O)c1ccccc1. The van der Waals surface area contributed by atoms with E-state index in [2.05, 4.69) is 5.32 Å². The lowest BCUT2D eigenvalue weighted by Gasteiger charge is -2.17. The van der Waals surface area contributed by atoms with Gasteiger partial charge in [0.05, 0.1) is 6.10 Å². The van der Waals surface area contributed by atoms with Crippen molar-refractivity contribution in [2.24, 2.45) is 5.92 Å². The van der Waals surface area contributed by atoms with Crippen molar-refractivity contribution in [1.82, 2.24) is 5.32 Å². The molecule has 2 atom stereocenters. The first-order valence-corrected chi connectivity index (χ1v) is 9.67. The third-order valence-corrected chi connectivity index (χ3v) is 4.94. The molecule has 154 valence electrons. The minimum atomic E-state index is -0.842. The monoisotopic (exact) mass is 402 g/mol. The number of hydrogen-bond acceptors (Lipinski definition) is 3. The number of hydrogen-bond donors (Lipinski definition) is 1. The van der Waals surface area contributed by atoms with E-state index < -0.39 is 23.5 Å². The Morgan fingerprint density at radius 2 is 1.90 bits per heavy atom. The lowest BCUT2D eigenvalue weighted by atomic mass is 10.1. The molecule has 2 aromatic rings. The van der Waals surface area contributed by atoms with Gasteiger partial charge in [-0.1, -0.05) is 30.3 Å². The molecule has 1 heterocycles. The Bertz CT molecular complexity index is 840. The zero-order chi connectivity index (χ0) is 20.8. The predicted octanol–water partition coefficient (Wildman–Crippen LogP) is 3.60. The van der Waals surface area contributed by atoms with Crippen LogP contribution in [0.1, 0.15) is 31.4 Å². The molecule has 1 N–H and O–H groups in total. The van der Waals surface area contributed by atoms with Gasteiger partial charge in [-0.05, 0) is 37.5 Å². The van der Waals surface area contributed by atoms with Crippen molar-refractivity contribution in [3.63, 3.8) is 0 Å². The summed E-state index contributed by atoms with van der Waals surface area (Å²) in [5.74, 6) is -3.17. The highest BCUT2D eigenvalue weighted by molar-refractivity contribution is 6.09. The first kappa shape index (κ1) is 20.9. The Morgan fingerprint density at radius 3 is 2.59 bits per heavy atom. The van der Waals surface area contributed by atoms with Crippen molar-refractivity contribution >= 4 is 17.5 Å². The molecular formula is C22H24F2N2O3. The second-order valence-electron chi connectivity index (χ2n) is 7.03. The van der Waals surface area contributed by atoms with Crippen LogP contribution in [0, 0.1) is 17.6 Å². The maximum atomic E-state index is 13.4. The standard InChI is InChI=1S/C22H24F2N2O3/c1-15(16-6-3-2-4-7-16)29-11-5-9-25-21(27)20-8-10-26(22(20)28)19-13-17(23)12-18(24)14-19/h2-4,6-7,12-15,20H,5,8-11H2,1H3,(H,25,27). The number of carbonyl (C=O) groups excluding carboxylic acids is 2. The summed E-state index contributed by atoms with van der Waals surface area (Å²) in [4.78, 5) is 26.1. The van der Waals surface area contributed by atoms with Gasteiger partial charge in [-0.3, -0.25) is 9.59 Å². The molecule has 2 aromatic carbocycles. The second-order valence-corrected chi connectivity index (χ2v) is 7.03. The van der Waals surface area contributed by atoms with E-state index in [1.807, 2.05) is 37.3 Å². The molecule has 3 rings (SSSR count). The van der Waals surface area contributed by atoms with Crippen LogP contribution in [-0.4, -0.2) is 31.5 Å². The van der Waals surface area contributed by atoms with Gasteiger partial charge in [-0.15, -0.1) is 0 Å². The predicted molar refractivity (Wildman–Crippen MR) is 105 cm³/mol. The lowest BCUT2D eigenvalue weighted by Crippen LogP contribution is -2.37. The zero-order valence-electron chi connectivity index (χ0n) is 16.2. The van der Waals surface area contributed by atoms with Crippen LogP contribution < -0.4 is 10.2 Å². The molecule has 0 aliphatic carbocycles. The van der Waals surface area contributed by atoms with Gasteiger partial charge in [0.25, 0.3) is 0 Å². The van der Waals surface area contributed by atoms with E-state index in [0.29, 0.717) is 26.0 Å². The summed E-state index contributed by atoms with van der Waals surface area (Å²) >= 11 is 0. The van der Waals surface area contributed by atoms with Gasteiger partial charge in [0.2, 0.25) is 11.8 Å². The fourth-order valence-electron chi connectivity index (χ4n) is 3.36. The van der Waals surface area contributed by atoms with Crippen LogP contribution in [0.5, 0.6) is 0 Å². The molecule has 1 aliphatic rings. The van der Waals surface area contributed by atoms with Crippen molar-refractivity contribution in [2.45, 2.75) is 25.9 Å². The maximum Gasteiger partial charge on any atom is 0.239 e. The number of ether oxygens (including phenoxy) is 1. The Balaban J connectivity index is 1.42. The van der Waals surface area contributed by atoms with Gasteiger partial charge < -0.3 is 15.0 Å². The van der Waals surface area contributed by atoms with Gasteiger partial charge >= 0.3 is 0 Å². The molecule has 0 saturated carbocycles. The molecule has 5 nitrogen and oxygen atoms in total. The number of amides is 2. The van der Waals surface area contributed by atoms with Crippen LogP contribution in [0.4, 0.5) is 14.5 Å². The Labute approximate surface area is 168 Å². The molecule has 29 heavy (non-hydrogen) atoms. The second kappa shape index (κ2) is 9.60. The molecule has 0 aromatic heterocycles.